The van der Waals surface area contributed by atoms with E-state index in [1.807, 2.05) is 47.0 Å². The van der Waals surface area contributed by atoms with Crippen LogP contribution < -0.4 is 11.2 Å². The number of imidazole rings is 1. The van der Waals surface area contributed by atoms with Gasteiger partial charge in [0.25, 0.3) is 5.56 Å². The van der Waals surface area contributed by atoms with Crippen molar-refractivity contribution >= 4 is 11.2 Å². The molecule has 10 nitrogen and oxygen atoms in total. The lowest BCUT2D eigenvalue weighted by Crippen LogP contribution is -2.40. The molecule has 0 saturated heterocycles. The van der Waals surface area contributed by atoms with Gasteiger partial charge in [-0.15, -0.1) is 10.2 Å². The van der Waals surface area contributed by atoms with E-state index in [4.69, 9.17) is 4.98 Å². The van der Waals surface area contributed by atoms with Crippen molar-refractivity contribution in [2.75, 3.05) is 0 Å². The average Bonchev–Trinajstić information content (AvgIpc) is 3.65. The van der Waals surface area contributed by atoms with Crippen molar-refractivity contribution < 1.29 is 0 Å². The molecule has 6 aromatic rings. The number of nitrogens with zero attached hydrogens (tertiary/aromatic N) is 7. The van der Waals surface area contributed by atoms with E-state index in [2.05, 4.69) is 72.6 Å². The third kappa shape index (κ3) is 4.85. The molecule has 0 unspecified atom stereocenters. The lowest BCUT2D eigenvalue weighted by atomic mass is 9.98. The molecule has 6 rings (SSSR count). The maximum Gasteiger partial charge on any atom is 0.337 e. The minimum atomic E-state index is -0.378. The van der Waals surface area contributed by atoms with Crippen LogP contribution in [-0.2, 0) is 13.1 Å². The first-order chi connectivity index (χ1) is 20.3. The van der Waals surface area contributed by atoms with E-state index in [1.54, 1.807) is 16.7 Å². The van der Waals surface area contributed by atoms with Crippen LogP contribution in [-0.4, -0.2) is 39.3 Å². The van der Waals surface area contributed by atoms with Crippen molar-refractivity contribution in [2.45, 2.75) is 46.7 Å². The number of hydrogen-bond acceptors (Lipinski definition) is 6. The van der Waals surface area contributed by atoms with E-state index in [-0.39, 0.29) is 23.1 Å². The summed E-state index contributed by atoms with van der Waals surface area (Å²) in [6, 6.07) is 25.2. The van der Waals surface area contributed by atoms with Crippen molar-refractivity contribution in [3.63, 3.8) is 0 Å². The van der Waals surface area contributed by atoms with Gasteiger partial charge in [-0.3, -0.25) is 9.36 Å². The van der Waals surface area contributed by atoms with Crippen LogP contribution in [0, 0.1) is 5.92 Å². The first-order valence-electron chi connectivity index (χ1n) is 14.1. The van der Waals surface area contributed by atoms with Crippen molar-refractivity contribution in [1.29, 1.82) is 0 Å². The predicted molar refractivity (Wildman–Crippen MR) is 163 cm³/mol. The molecule has 0 atom stereocenters. The Morgan fingerprint density at radius 2 is 1.50 bits per heavy atom. The quantitative estimate of drug-likeness (QED) is 0.279. The van der Waals surface area contributed by atoms with E-state index >= 15 is 0 Å². The Balaban J connectivity index is 1.49. The zero-order chi connectivity index (χ0) is 29.4. The molecule has 0 radical (unpaired) electrons. The van der Waals surface area contributed by atoms with E-state index < -0.39 is 0 Å². The van der Waals surface area contributed by atoms with Gasteiger partial charge < -0.3 is 4.57 Å². The third-order valence-electron chi connectivity index (χ3n) is 7.26. The number of rotatable bonds is 8. The van der Waals surface area contributed by atoms with Gasteiger partial charge in [0.2, 0.25) is 5.82 Å². The van der Waals surface area contributed by atoms with E-state index in [0.717, 1.165) is 28.1 Å². The van der Waals surface area contributed by atoms with Gasteiger partial charge in [-0.25, -0.2) is 14.3 Å². The minimum absolute atomic E-state index is 0.0330. The molecule has 0 spiro atoms. The molecule has 3 heterocycles. The Kier molecular flexibility index (Phi) is 7.12. The number of benzene rings is 3. The fourth-order valence-corrected chi connectivity index (χ4v) is 5.37. The summed E-state index contributed by atoms with van der Waals surface area (Å²) in [4.78, 5) is 32.7. The Bertz CT molecular complexity index is 1970. The molecule has 10 heteroatoms. The summed E-state index contributed by atoms with van der Waals surface area (Å²) in [7, 11) is 0. The molecule has 0 saturated carbocycles. The number of tetrazole rings is 1. The van der Waals surface area contributed by atoms with Crippen LogP contribution >= 0.6 is 0 Å². The van der Waals surface area contributed by atoms with Crippen LogP contribution in [0.4, 0.5) is 0 Å². The van der Waals surface area contributed by atoms with Gasteiger partial charge in [-0.1, -0.05) is 94.4 Å². The Labute approximate surface area is 242 Å². The SMILES string of the molecule is CC(C)Cn1c(=O)n(-c2ccccc2)c(=O)c2c1nc(C(C)C)n2Cc1ccc(-c2ccccc2-c2nn[nH]n2)cc1. The highest BCUT2D eigenvalue weighted by Crippen LogP contribution is 2.30. The summed E-state index contributed by atoms with van der Waals surface area (Å²) in [5, 5.41) is 14.5. The molecular weight excluding hydrogens is 528 g/mol. The summed E-state index contributed by atoms with van der Waals surface area (Å²) < 4.78 is 4.89. The number of para-hydroxylation sites is 1. The average molecular weight is 561 g/mol. The van der Waals surface area contributed by atoms with Crippen molar-refractivity contribution in [3.05, 3.63) is 111 Å². The second kappa shape index (κ2) is 11.0. The third-order valence-corrected chi connectivity index (χ3v) is 7.26. The van der Waals surface area contributed by atoms with Crippen LogP contribution in [0.5, 0.6) is 0 Å². The minimum Gasteiger partial charge on any atom is -0.317 e. The fourth-order valence-electron chi connectivity index (χ4n) is 5.37. The summed E-state index contributed by atoms with van der Waals surface area (Å²) >= 11 is 0. The summed E-state index contributed by atoms with van der Waals surface area (Å²) in [6.07, 6.45) is 0. The van der Waals surface area contributed by atoms with Gasteiger partial charge in [0, 0.05) is 24.6 Å². The molecular formula is C32H32N8O2. The molecule has 0 bridgehead atoms. The van der Waals surface area contributed by atoms with E-state index in [1.165, 1.54) is 4.57 Å². The van der Waals surface area contributed by atoms with Crippen molar-refractivity contribution in [1.82, 2.24) is 39.3 Å². The van der Waals surface area contributed by atoms with Crippen LogP contribution in [0.15, 0.2) is 88.5 Å². The standard InChI is InChI=1S/C32H32N8O2/c1-20(2)18-39-30-27(31(41)40(32(39)42)24-10-6-5-7-11-24)38(29(33-30)21(3)4)19-22-14-16-23(17-15-22)25-12-8-9-13-26(25)28-34-36-37-35-28/h5-17,20-21H,18-19H2,1-4H3,(H,34,35,36,37). The molecule has 0 aliphatic rings. The largest absolute Gasteiger partial charge is 0.337 e. The molecule has 212 valence electrons. The monoisotopic (exact) mass is 560 g/mol. The van der Waals surface area contributed by atoms with Crippen molar-refractivity contribution in [2.24, 2.45) is 5.92 Å². The summed E-state index contributed by atoms with van der Waals surface area (Å²) in [6.45, 7) is 9.09. The molecule has 1 N–H and O–H groups in total. The first-order valence-corrected chi connectivity index (χ1v) is 14.1. The second-order valence-corrected chi connectivity index (χ2v) is 11.1. The van der Waals surface area contributed by atoms with Crippen LogP contribution in [0.25, 0.3) is 39.4 Å². The van der Waals surface area contributed by atoms with Gasteiger partial charge in [0.15, 0.2) is 11.2 Å². The topological polar surface area (TPSA) is 116 Å². The molecule has 42 heavy (non-hydrogen) atoms. The van der Waals surface area contributed by atoms with Gasteiger partial charge in [-0.2, -0.15) is 5.21 Å². The van der Waals surface area contributed by atoms with Crippen LogP contribution in [0.3, 0.4) is 0 Å². The summed E-state index contributed by atoms with van der Waals surface area (Å²) in [5.74, 6) is 1.51. The highest BCUT2D eigenvalue weighted by Gasteiger charge is 2.24. The predicted octanol–water partition coefficient (Wildman–Crippen LogP) is 5.02. The number of aromatic nitrogens is 8. The molecule has 0 aliphatic heterocycles. The molecule has 3 aromatic heterocycles. The number of H-pyrrole nitrogens is 1. The number of aromatic amines is 1. The van der Waals surface area contributed by atoms with E-state index in [0.29, 0.717) is 35.8 Å². The fraction of sp³-hybridized carbons (Fsp3) is 0.250. The maximum atomic E-state index is 14.1. The summed E-state index contributed by atoms with van der Waals surface area (Å²) in [5.41, 5.74) is 4.53. The van der Waals surface area contributed by atoms with Crippen LogP contribution in [0.2, 0.25) is 0 Å². The lowest BCUT2D eigenvalue weighted by molar-refractivity contribution is 0.506. The Morgan fingerprint density at radius 3 is 2.14 bits per heavy atom. The molecule has 0 aliphatic carbocycles. The van der Waals surface area contributed by atoms with Gasteiger partial charge in [0.1, 0.15) is 5.82 Å². The van der Waals surface area contributed by atoms with Crippen LogP contribution in [0.1, 0.15) is 45.0 Å². The van der Waals surface area contributed by atoms with Gasteiger partial charge in [0.05, 0.1) is 5.69 Å². The Morgan fingerprint density at radius 1 is 0.810 bits per heavy atom. The van der Waals surface area contributed by atoms with Gasteiger partial charge >= 0.3 is 5.69 Å². The maximum absolute atomic E-state index is 14.1. The molecule has 0 amide bonds. The highest BCUT2D eigenvalue weighted by atomic mass is 16.2. The molecule has 3 aromatic carbocycles. The number of fused-ring (bicyclic) bond motifs is 1. The highest BCUT2D eigenvalue weighted by molar-refractivity contribution is 5.80. The first kappa shape index (κ1) is 27.1. The number of nitrogens with one attached hydrogen (secondary N) is 1. The smallest absolute Gasteiger partial charge is 0.317 e. The normalized spacial score (nSPS) is 11.7. The van der Waals surface area contributed by atoms with E-state index in [9.17, 15) is 9.59 Å². The molecule has 0 fully saturated rings. The van der Waals surface area contributed by atoms with Gasteiger partial charge in [-0.05, 0) is 40.0 Å². The zero-order valence-electron chi connectivity index (χ0n) is 24.0. The lowest BCUT2D eigenvalue weighted by Gasteiger charge is -2.15. The zero-order valence-corrected chi connectivity index (χ0v) is 24.0. The second-order valence-electron chi connectivity index (χ2n) is 11.1. The Hall–Kier alpha value is -5.12. The number of hydrogen-bond donors (Lipinski definition) is 1. The van der Waals surface area contributed by atoms with Crippen molar-refractivity contribution in [3.8, 4) is 28.2 Å².